The molecule has 3 nitrogen and oxygen atoms in total. The first-order chi connectivity index (χ1) is 6.27. The van der Waals surface area contributed by atoms with Gasteiger partial charge in [-0.05, 0) is 34.1 Å². The summed E-state index contributed by atoms with van der Waals surface area (Å²) < 4.78 is 5.94. The Morgan fingerprint density at radius 3 is 2.92 bits per heavy atom. The molecule has 0 spiro atoms. The molecule has 1 aromatic rings. The molecule has 1 aromatic carbocycles. The van der Waals surface area contributed by atoms with Gasteiger partial charge in [0.05, 0.1) is 11.0 Å². The molecule has 13 heavy (non-hydrogen) atoms. The minimum absolute atomic E-state index is 0.224. The summed E-state index contributed by atoms with van der Waals surface area (Å²) in [5, 5.41) is 9.26. The Bertz CT molecular complexity index is 363. The quantitative estimate of drug-likeness (QED) is 0.817. The Labute approximate surface area is 84.2 Å². The number of rotatable bonds is 1. The molecule has 2 rings (SSSR count). The van der Waals surface area contributed by atoms with Crippen LogP contribution in [0.25, 0.3) is 0 Å². The standard InChI is InChI=1S/C9H8BrNO2/c10-7-5-6(1-2-8(7)12)9-11-3-4-13-9/h1-2,5,12H,3-4H2. The molecule has 0 saturated carbocycles. The Morgan fingerprint density at radius 1 is 1.46 bits per heavy atom. The van der Waals surface area contributed by atoms with Crippen LogP contribution < -0.4 is 0 Å². The molecule has 0 fully saturated rings. The molecule has 0 radical (unpaired) electrons. The third-order valence-electron chi connectivity index (χ3n) is 1.78. The van der Waals surface area contributed by atoms with Crippen LogP contribution in [0.3, 0.4) is 0 Å². The molecular formula is C9H8BrNO2. The largest absolute Gasteiger partial charge is 0.507 e. The van der Waals surface area contributed by atoms with Gasteiger partial charge in [0.15, 0.2) is 0 Å². The van der Waals surface area contributed by atoms with Crippen molar-refractivity contribution in [2.75, 3.05) is 13.2 Å². The van der Waals surface area contributed by atoms with Gasteiger partial charge in [-0.3, -0.25) is 0 Å². The van der Waals surface area contributed by atoms with Crippen LogP contribution in [0, 0.1) is 0 Å². The van der Waals surface area contributed by atoms with E-state index < -0.39 is 0 Å². The van der Waals surface area contributed by atoms with E-state index in [0.29, 0.717) is 23.5 Å². The predicted octanol–water partition coefficient (Wildman–Crippen LogP) is 1.93. The zero-order chi connectivity index (χ0) is 9.26. The summed E-state index contributed by atoms with van der Waals surface area (Å²) in [6.07, 6.45) is 0. The second-order valence-electron chi connectivity index (χ2n) is 2.70. The van der Waals surface area contributed by atoms with Gasteiger partial charge >= 0.3 is 0 Å². The maximum Gasteiger partial charge on any atom is 0.216 e. The maximum atomic E-state index is 9.26. The van der Waals surface area contributed by atoms with Gasteiger partial charge in [-0.15, -0.1) is 0 Å². The molecule has 0 saturated heterocycles. The summed E-state index contributed by atoms with van der Waals surface area (Å²) in [4.78, 5) is 4.17. The van der Waals surface area contributed by atoms with Crippen molar-refractivity contribution in [3.05, 3.63) is 28.2 Å². The fourth-order valence-corrected chi connectivity index (χ4v) is 1.53. The second kappa shape index (κ2) is 3.38. The first kappa shape index (κ1) is 8.56. The van der Waals surface area contributed by atoms with Crippen LogP contribution in [0.5, 0.6) is 5.75 Å². The topological polar surface area (TPSA) is 41.8 Å². The van der Waals surface area contributed by atoms with Crippen LogP contribution in [0.15, 0.2) is 27.7 Å². The molecule has 1 N–H and O–H groups in total. The number of aliphatic imine (C=N–C) groups is 1. The van der Waals surface area contributed by atoms with Crippen molar-refractivity contribution in [2.45, 2.75) is 0 Å². The highest BCUT2D eigenvalue weighted by atomic mass is 79.9. The van der Waals surface area contributed by atoms with Crippen LogP contribution in [-0.2, 0) is 4.74 Å². The average Bonchev–Trinajstić information content (AvgIpc) is 2.62. The molecule has 0 bridgehead atoms. The minimum atomic E-state index is 0.224. The van der Waals surface area contributed by atoms with Gasteiger partial charge in [0.25, 0.3) is 0 Å². The highest BCUT2D eigenvalue weighted by Crippen LogP contribution is 2.25. The molecule has 1 aliphatic heterocycles. The van der Waals surface area contributed by atoms with Crippen molar-refractivity contribution in [1.82, 2.24) is 0 Å². The molecule has 0 amide bonds. The average molecular weight is 242 g/mol. The second-order valence-corrected chi connectivity index (χ2v) is 3.56. The molecule has 0 aliphatic carbocycles. The van der Waals surface area contributed by atoms with Crippen LogP contribution >= 0.6 is 15.9 Å². The maximum absolute atomic E-state index is 9.26. The van der Waals surface area contributed by atoms with Gasteiger partial charge in [0, 0.05) is 5.56 Å². The van der Waals surface area contributed by atoms with E-state index in [2.05, 4.69) is 20.9 Å². The summed E-state index contributed by atoms with van der Waals surface area (Å²) in [6.45, 7) is 1.36. The first-order valence-electron chi connectivity index (χ1n) is 3.93. The zero-order valence-electron chi connectivity index (χ0n) is 6.83. The van der Waals surface area contributed by atoms with E-state index in [0.717, 1.165) is 5.56 Å². The number of benzene rings is 1. The summed E-state index contributed by atoms with van der Waals surface area (Å²) in [5.74, 6) is 0.878. The number of phenolic OH excluding ortho intramolecular Hbond substituents is 1. The lowest BCUT2D eigenvalue weighted by Crippen LogP contribution is -2.00. The molecule has 1 aliphatic rings. The molecule has 0 atom stereocenters. The number of aromatic hydroxyl groups is 1. The van der Waals surface area contributed by atoms with E-state index in [1.54, 1.807) is 18.2 Å². The lowest BCUT2D eigenvalue weighted by molar-refractivity contribution is 0.348. The SMILES string of the molecule is Oc1ccc(C2=NCCO2)cc1Br. The zero-order valence-corrected chi connectivity index (χ0v) is 8.41. The Kier molecular flexibility index (Phi) is 2.22. The molecule has 4 heteroatoms. The van der Waals surface area contributed by atoms with Gasteiger partial charge in [-0.2, -0.15) is 0 Å². The van der Waals surface area contributed by atoms with Crippen molar-refractivity contribution < 1.29 is 9.84 Å². The fourth-order valence-electron chi connectivity index (χ4n) is 1.15. The van der Waals surface area contributed by atoms with E-state index in [9.17, 15) is 5.11 Å². The summed E-state index contributed by atoms with van der Waals surface area (Å²) >= 11 is 3.23. The molecule has 1 heterocycles. The Hall–Kier alpha value is -1.03. The Morgan fingerprint density at radius 2 is 2.31 bits per heavy atom. The van der Waals surface area contributed by atoms with Gasteiger partial charge < -0.3 is 9.84 Å². The predicted molar refractivity (Wildman–Crippen MR) is 53.2 cm³/mol. The number of halogens is 1. The van der Waals surface area contributed by atoms with Crippen LogP contribution in [0.4, 0.5) is 0 Å². The third-order valence-corrected chi connectivity index (χ3v) is 2.42. The molecule has 68 valence electrons. The van der Waals surface area contributed by atoms with E-state index in [-0.39, 0.29) is 5.75 Å². The van der Waals surface area contributed by atoms with Crippen LogP contribution in [0.2, 0.25) is 0 Å². The lowest BCUT2D eigenvalue weighted by atomic mass is 10.2. The smallest absolute Gasteiger partial charge is 0.216 e. The number of hydrogen-bond donors (Lipinski definition) is 1. The Balaban J connectivity index is 2.36. The van der Waals surface area contributed by atoms with Crippen molar-refractivity contribution in [3.8, 4) is 5.75 Å². The van der Waals surface area contributed by atoms with Crippen molar-refractivity contribution >= 4 is 21.8 Å². The summed E-state index contributed by atoms with van der Waals surface area (Å²) in [5.41, 5.74) is 0.891. The van der Waals surface area contributed by atoms with E-state index in [1.165, 1.54) is 0 Å². The molecule has 0 unspecified atom stereocenters. The number of hydrogen-bond acceptors (Lipinski definition) is 3. The van der Waals surface area contributed by atoms with Gasteiger partial charge in [-0.1, -0.05) is 0 Å². The normalized spacial score (nSPS) is 15.3. The van der Waals surface area contributed by atoms with Gasteiger partial charge in [-0.25, -0.2) is 4.99 Å². The summed E-state index contributed by atoms with van der Waals surface area (Å²) in [6, 6.07) is 5.19. The van der Waals surface area contributed by atoms with E-state index in [1.807, 2.05) is 0 Å². The fraction of sp³-hybridized carbons (Fsp3) is 0.222. The van der Waals surface area contributed by atoms with Crippen molar-refractivity contribution in [2.24, 2.45) is 4.99 Å². The van der Waals surface area contributed by atoms with Crippen LogP contribution in [0.1, 0.15) is 5.56 Å². The monoisotopic (exact) mass is 241 g/mol. The lowest BCUT2D eigenvalue weighted by Gasteiger charge is -2.02. The molecular weight excluding hydrogens is 234 g/mol. The van der Waals surface area contributed by atoms with Crippen molar-refractivity contribution in [1.29, 1.82) is 0 Å². The number of nitrogens with zero attached hydrogens (tertiary/aromatic N) is 1. The summed E-state index contributed by atoms with van der Waals surface area (Å²) in [7, 11) is 0. The van der Waals surface area contributed by atoms with E-state index >= 15 is 0 Å². The number of phenols is 1. The van der Waals surface area contributed by atoms with E-state index in [4.69, 9.17) is 4.74 Å². The van der Waals surface area contributed by atoms with Crippen molar-refractivity contribution in [3.63, 3.8) is 0 Å². The minimum Gasteiger partial charge on any atom is -0.507 e. The number of ether oxygens (including phenoxy) is 1. The van der Waals surface area contributed by atoms with Crippen LogP contribution in [-0.4, -0.2) is 24.2 Å². The highest BCUT2D eigenvalue weighted by Gasteiger charge is 2.11. The first-order valence-corrected chi connectivity index (χ1v) is 4.73. The third kappa shape index (κ3) is 1.67. The van der Waals surface area contributed by atoms with Gasteiger partial charge in [0.1, 0.15) is 12.4 Å². The molecule has 0 aromatic heterocycles. The van der Waals surface area contributed by atoms with Gasteiger partial charge in [0.2, 0.25) is 5.90 Å². The highest BCUT2D eigenvalue weighted by molar-refractivity contribution is 9.10.